The van der Waals surface area contributed by atoms with E-state index < -0.39 is 17.5 Å². The molecule has 0 saturated carbocycles. The predicted octanol–water partition coefficient (Wildman–Crippen LogP) is 1.72. The van der Waals surface area contributed by atoms with Crippen LogP contribution in [-0.4, -0.2) is 46.2 Å². The SMILES string of the molecule is CC1(C)NC(=O)N(CCC(=O)N/N=C/c2c(O)ccc3ccccc23)C1=O. The van der Waals surface area contributed by atoms with E-state index in [1.54, 1.807) is 26.0 Å². The van der Waals surface area contributed by atoms with Crippen molar-refractivity contribution in [2.75, 3.05) is 6.54 Å². The standard InChI is InChI=1S/C19H20N4O4/c1-19(2)17(26)23(18(27)21-19)10-9-16(25)22-20-11-14-13-6-4-3-5-12(13)7-8-15(14)24/h3-8,11,24H,9-10H2,1-2H3,(H,21,27)(H,22,25)/b20-11+. The van der Waals surface area contributed by atoms with Crippen LogP contribution in [0.2, 0.25) is 0 Å². The largest absolute Gasteiger partial charge is 0.507 e. The van der Waals surface area contributed by atoms with Gasteiger partial charge in [-0.25, -0.2) is 10.2 Å². The average molecular weight is 368 g/mol. The van der Waals surface area contributed by atoms with E-state index in [9.17, 15) is 19.5 Å². The second-order valence-electron chi connectivity index (χ2n) is 6.77. The van der Waals surface area contributed by atoms with Crippen LogP contribution in [0.25, 0.3) is 10.8 Å². The fraction of sp³-hybridized carbons (Fsp3) is 0.263. The molecule has 1 fully saturated rings. The minimum absolute atomic E-state index is 0.0328. The molecule has 0 atom stereocenters. The monoisotopic (exact) mass is 368 g/mol. The highest BCUT2D eigenvalue weighted by Gasteiger charge is 2.43. The molecule has 0 aromatic heterocycles. The Morgan fingerprint density at radius 1 is 1.26 bits per heavy atom. The first-order chi connectivity index (χ1) is 12.8. The van der Waals surface area contributed by atoms with Gasteiger partial charge in [0.25, 0.3) is 5.91 Å². The smallest absolute Gasteiger partial charge is 0.325 e. The maximum absolute atomic E-state index is 12.1. The molecule has 1 aliphatic heterocycles. The lowest BCUT2D eigenvalue weighted by Gasteiger charge is -2.15. The third-order valence-corrected chi connectivity index (χ3v) is 4.34. The second-order valence-corrected chi connectivity index (χ2v) is 6.77. The van der Waals surface area contributed by atoms with Crippen LogP contribution in [0.5, 0.6) is 5.75 Å². The van der Waals surface area contributed by atoms with Crippen LogP contribution < -0.4 is 10.7 Å². The fourth-order valence-electron chi connectivity index (χ4n) is 2.88. The fourth-order valence-corrected chi connectivity index (χ4v) is 2.88. The van der Waals surface area contributed by atoms with Crippen molar-refractivity contribution in [2.45, 2.75) is 25.8 Å². The molecule has 4 amide bonds. The molecular weight excluding hydrogens is 348 g/mol. The summed E-state index contributed by atoms with van der Waals surface area (Å²) in [5, 5.41) is 18.2. The number of hydrogen-bond acceptors (Lipinski definition) is 5. The molecule has 140 valence electrons. The number of amides is 4. The third kappa shape index (κ3) is 3.74. The number of phenols is 1. The van der Waals surface area contributed by atoms with Crippen molar-refractivity contribution in [3.8, 4) is 5.75 Å². The van der Waals surface area contributed by atoms with Gasteiger partial charge in [-0.15, -0.1) is 0 Å². The molecule has 8 nitrogen and oxygen atoms in total. The minimum Gasteiger partial charge on any atom is -0.507 e. The van der Waals surface area contributed by atoms with Crippen molar-refractivity contribution >= 4 is 34.8 Å². The molecular formula is C19H20N4O4. The number of hydrazone groups is 1. The quantitative estimate of drug-likeness (QED) is 0.424. The predicted molar refractivity (Wildman–Crippen MR) is 100 cm³/mol. The topological polar surface area (TPSA) is 111 Å². The lowest BCUT2D eigenvalue weighted by molar-refractivity contribution is -0.130. The van der Waals surface area contributed by atoms with Gasteiger partial charge in [-0.3, -0.25) is 14.5 Å². The van der Waals surface area contributed by atoms with Gasteiger partial charge in [0.15, 0.2) is 0 Å². The third-order valence-electron chi connectivity index (χ3n) is 4.34. The normalized spacial score (nSPS) is 16.1. The van der Waals surface area contributed by atoms with Crippen molar-refractivity contribution in [1.82, 2.24) is 15.6 Å². The number of hydrogen-bond donors (Lipinski definition) is 3. The van der Waals surface area contributed by atoms with E-state index in [1.807, 2.05) is 24.3 Å². The first kappa shape index (κ1) is 18.4. The number of urea groups is 1. The molecule has 0 aliphatic carbocycles. The van der Waals surface area contributed by atoms with E-state index in [-0.39, 0.29) is 24.6 Å². The van der Waals surface area contributed by atoms with Crippen LogP contribution in [-0.2, 0) is 9.59 Å². The van der Waals surface area contributed by atoms with Crippen LogP contribution in [0.15, 0.2) is 41.5 Å². The summed E-state index contributed by atoms with van der Waals surface area (Å²) in [4.78, 5) is 36.8. The highest BCUT2D eigenvalue weighted by molar-refractivity contribution is 6.06. The van der Waals surface area contributed by atoms with Gasteiger partial charge in [-0.2, -0.15) is 5.10 Å². The Morgan fingerprint density at radius 3 is 2.70 bits per heavy atom. The number of carbonyl (C=O) groups is 3. The van der Waals surface area contributed by atoms with Crippen LogP contribution in [0.3, 0.4) is 0 Å². The van der Waals surface area contributed by atoms with Gasteiger partial charge in [0, 0.05) is 18.5 Å². The molecule has 3 N–H and O–H groups in total. The number of benzene rings is 2. The Balaban J connectivity index is 1.61. The van der Waals surface area contributed by atoms with Crippen molar-refractivity contribution in [1.29, 1.82) is 0 Å². The summed E-state index contributed by atoms with van der Waals surface area (Å²) < 4.78 is 0. The van der Waals surface area contributed by atoms with Crippen LogP contribution >= 0.6 is 0 Å². The van der Waals surface area contributed by atoms with E-state index in [0.717, 1.165) is 15.7 Å². The number of nitrogens with one attached hydrogen (secondary N) is 2. The Kier molecular flexibility index (Phi) is 4.81. The van der Waals surface area contributed by atoms with Crippen molar-refractivity contribution < 1.29 is 19.5 Å². The molecule has 0 spiro atoms. The zero-order chi connectivity index (χ0) is 19.6. The minimum atomic E-state index is -0.961. The number of aromatic hydroxyl groups is 1. The summed E-state index contributed by atoms with van der Waals surface area (Å²) >= 11 is 0. The summed E-state index contributed by atoms with van der Waals surface area (Å²) in [5.41, 5.74) is 1.88. The van der Waals surface area contributed by atoms with Crippen molar-refractivity contribution in [3.05, 3.63) is 42.0 Å². The van der Waals surface area contributed by atoms with Gasteiger partial charge in [0.05, 0.1) is 6.21 Å². The highest BCUT2D eigenvalue weighted by Crippen LogP contribution is 2.25. The number of fused-ring (bicyclic) bond motifs is 1. The van der Waals surface area contributed by atoms with Crippen molar-refractivity contribution in [3.63, 3.8) is 0 Å². The lowest BCUT2D eigenvalue weighted by atomic mass is 10.0. The van der Waals surface area contributed by atoms with E-state index in [0.29, 0.717) is 5.56 Å². The molecule has 2 aromatic rings. The number of carbonyl (C=O) groups excluding carboxylic acids is 3. The maximum atomic E-state index is 12.1. The van der Waals surface area contributed by atoms with Gasteiger partial charge in [-0.05, 0) is 30.7 Å². The molecule has 8 heteroatoms. The van der Waals surface area contributed by atoms with Crippen LogP contribution in [0.1, 0.15) is 25.8 Å². The van der Waals surface area contributed by atoms with Gasteiger partial charge in [0.1, 0.15) is 11.3 Å². The lowest BCUT2D eigenvalue weighted by Crippen LogP contribution is -2.40. The molecule has 0 bridgehead atoms. The first-order valence-electron chi connectivity index (χ1n) is 8.46. The zero-order valence-electron chi connectivity index (χ0n) is 15.0. The molecule has 2 aromatic carbocycles. The van der Waals surface area contributed by atoms with Gasteiger partial charge in [0.2, 0.25) is 5.91 Å². The number of imide groups is 1. The van der Waals surface area contributed by atoms with E-state index >= 15 is 0 Å². The molecule has 1 heterocycles. The van der Waals surface area contributed by atoms with E-state index in [2.05, 4.69) is 15.8 Å². The Bertz CT molecular complexity index is 952. The average Bonchev–Trinajstić information content (AvgIpc) is 2.82. The van der Waals surface area contributed by atoms with Crippen LogP contribution in [0.4, 0.5) is 4.79 Å². The summed E-state index contributed by atoms with van der Waals surface area (Å²) in [6.45, 7) is 3.18. The summed E-state index contributed by atoms with van der Waals surface area (Å²) in [5.74, 6) is -0.769. The second kappa shape index (κ2) is 7.06. The van der Waals surface area contributed by atoms with Crippen molar-refractivity contribution in [2.24, 2.45) is 5.10 Å². The van der Waals surface area contributed by atoms with E-state index in [1.165, 1.54) is 6.21 Å². The number of nitrogens with zero attached hydrogens (tertiary/aromatic N) is 2. The zero-order valence-corrected chi connectivity index (χ0v) is 15.0. The Labute approximate surface area is 155 Å². The molecule has 1 saturated heterocycles. The highest BCUT2D eigenvalue weighted by atomic mass is 16.3. The summed E-state index contributed by atoms with van der Waals surface area (Å²) in [6.07, 6.45) is 1.29. The van der Waals surface area contributed by atoms with Crippen LogP contribution in [0, 0.1) is 0 Å². The molecule has 0 radical (unpaired) electrons. The molecule has 1 aliphatic rings. The Hall–Kier alpha value is -3.42. The number of rotatable bonds is 5. The molecule has 3 rings (SSSR count). The van der Waals surface area contributed by atoms with E-state index in [4.69, 9.17) is 0 Å². The molecule has 27 heavy (non-hydrogen) atoms. The number of phenolic OH excluding ortho intramolecular Hbond substituents is 1. The molecule has 0 unspecified atom stereocenters. The Morgan fingerprint density at radius 2 is 2.00 bits per heavy atom. The van der Waals surface area contributed by atoms with Gasteiger partial charge >= 0.3 is 6.03 Å². The first-order valence-corrected chi connectivity index (χ1v) is 8.46. The van der Waals surface area contributed by atoms with Gasteiger partial charge < -0.3 is 10.4 Å². The van der Waals surface area contributed by atoms with Gasteiger partial charge in [-0.1, -0.05) is 30.3 Å². The summed E-state index contributed by atoms with van der Waals surface area (Å²) in [6, 6.07) is 10.3. The summed E-state index contributed by atoms with van der Waals surface area (Å²) in [7, 11) is 0. The maximum Gasteiger partial charge on any atom is 0.325 e.